The minimum absolute atomic E-state index is 0.101. The minimum atomic E-state index is 0.101. The first-order valence-electron chi connectivity index (χ1n) is 4.99. The molecular formula is C12H13BrO2. The Labute approximate surface area is 98.0 Å². The van der Waals surface area contributed by atoms with Crippen molar-refractivity contribution in [1.29, 1.82) is 0 Å². The van der Waals surface area contributed by atoms with Crippen LogP contribution in [0.1, 0.15) is 12.0 Å². The van der Waals surface area contributed by atoms with Gasteiger partial charge in [0.05, 0.1) is 13.2 Å². The summed E-state index contributed by atoms with van der Waals surface area (Å²) in [6, 6.07) is 10.2. The first-order valence-corrected chi connectivity index (χ1v) is 5.90. The highest BCUT2D eigenvalue weighted by atomic mass is 79.9. The van der Waals surface area contributed by atoms with Crippen molar-refractivity contribution in [2.45, 2.75) is 19.1 Å². The monoisotopic (exact) mass is 268 g/mol. The maximum atomic E-state index is 5.77. The van der Waals surface area contributed by atoms with Crippen LogP contribution in [0.3, 0.4) is 0 Å². The van der Waals surface area contributed by atoms with Gasteiger partial charge in [0.1, 0.15) is 11.9 Å². The molecule has 2 nitrogen and oxygen atoms in total. The van der Waals surface area contributed by atoms with E-state index in [0.717, 1.165) is 18.8 Å². The van der Waals surface area contributed by atoms with Gasteiger partial charge in [-0.1, -0.05) is 46.3 Å². The molecule has 2 rings (SSSR count). The van der Waals surface area contributed by atoms with Crippen molar-refractivity contribution in [2.75, 3.05) is 6.61 Å². The lowest BCUT2D eigenvalue weighted by Crippen LogP contribution is -2.10. The quantitative estimate of drug-likeness (QED) is 0.838. The Kier molecular flexibility index (Phi) is 3.80. The third-order valence-electron chi connectivity index (χ3n) is 2.37. The maximum Gasteiger partial charge on any atom is 0.132 e. The van der Waals surface area contributed by atoms with Gasteiger partial charge in [-0.3, -0.25) is 0 Å². The van der Waals surface area contributed by atoms with E-state index in [1.54, 1.807) is 4.99 Å². The molecule has 1 aliphatic heterocycles. The lowest BCUT2D eigenvalue weighted by Gasteiger charge is -2.10. The SMILES string of the molecule is Br/C=C1/OCCC1OCc1ccccc1. The van der Waals surface area contributed by atoms with Crippen LogP contribution in [0.25, 0.3) is 0 Å². The molecule has 1 fully saturated rings. The molecule has 0 spiro atoms. The van der Waals surface area contributed by atoms with E-state index >= 15 is 0 Å². The first kappa shape index (κ1) is 10.7. The zero-order chi connectivity index (χ0) is 10.5. The van der Waals surface area contributed by atoms with E-state index < -0.39 is 0 Å². The Morgan fingerprint density at radius 2 is 2.20 bits per heavy atom. The number of hydrogen-bond donors (Lipinski definition) is 0. The van der Waals surface area contributed by atoms with Gasteiger partial charge in [0.2, 0.25) is 0 Å². The van der Waals surface area contributed by atoms with E-state index in [1.807, 2.05) is 18.2 Å². The fraction of sp³-hybridized carbons (Fsp3) is 0.333. The van der Waals surface area contributed by atoms with Gasteiger partial charge in [-0.2, -0.15) is 0 Å². The Bertz CT molecular complexity index is 335. The second kappa shape index (κ2) is 5.33. The van der Waals surface area contributed by atoms with Crippen LogP contribution in [0.5, 0.6) is 0 Å². The summed E-state index contributed by atoms with van der Waals surface area (Å²) in [6.07, 6.45) is 1.04. The van der Waals surface area contributed by atoms with Gasteiger partial charge in [0.25, 0.3) is 0 Å². The maximum absolute atomic E-state index is 5.77. The van der Waals surface area contributed by atoms with Crippen LogP contribution in [0.15, 0.2) is 41.1 Å². The highest BCUT2D eigenvalue weighted by Gasteiger charge is 2.22. The Balaban J connectivity index is 1.88. The van der Waals surface area contributed by atoms with Crippen LogP contribution in [0.2, 0.25) is 0 Å². The topological polar surface area (TPSA) is 18.5 Å². The van der Waals surface area contributed by atoms with Crippen LogP contribution in [0, 0.1) is 0 Å². The Morgan fingerprint density at radius 3 is 2.93 bits per heavy atom. The molecule has 1 heterocycles. The zero-order valence-electron chi connectivity index (χ0n) is 8.36. The Hall–Kier alpha value is -0.800. The van der Waals surface area contributed by atoms with E-state index in [2.05, 4.69) is 28.1 Å². The zero-order valence-corrected chi connectivity index (χ0v) is 9.94. The third kappa shape index (κ3) is 2.83. The van der Waals surface area contributed by atoms with Crippen molar-refractivity contribution >= 4 is 15.9 Å². The van der Waals surface area contributed by atoms with Crippen LogP contribution >= 0.6 is 15.9 Å². The number of halogens is 1. The van der Waals surface area contributed by atoms with Crippen molar-refractivity contribution in [1.82, 2.24) is 0 Å². The van der Waals surface area contributed by atoms with Crippen molar-refractivity contribution < 1.29 is 9.47 Å². The van der Waals surface area contributed by atoms with E-state index in [0.29, 0.717) is 6.61 Å². The van der Waals surface area contributed by atoms with E-state index in [1.165, 1.54) is 5.56 Å². The van der Waals surface area contributed by atoms with E-state index in [4.69, 9.17) is 9.47 Å². The normalized spacial score (nSPS) is 23.0. The standard InChI is InChI=1S/C12H13BrO2/c13-8-12-11(6-7-14-12)15-9-10-4-2-1-3-5-10/h1-5,8,11H,6-7,9H2/b12-8+. The van der Waals surface area contributed by atoms with Crippen LogP contribution in [-0.4, -0.2) is 12.7 Å². The predicted octanol–water partition coefficient (Wildman–Crippen LogP) is 3.23. The molecule has 1 aliphatic rings. The van der Waals surface area contributed by atoms with Crippen molar-refractivity contribution in [3.63, 3.8) is 0 Å². The summed E-state index contributed by atoms with van der Waals surface area (Å²) in [5.74, 6) is 0.894. The summed E-state index contributed by atoms with van der Waals surface area (Å²) in [7, 11) is 0. The number of ether oxygens (including phenoxy) is 2. The molecule has 0 saturated carbocycles. The molecule has 0 N–H and O–H groups in total. The second-order valence-corrected chi connectivity index (χ2v) is 3.89. The highest BCUT2D eigenvalue weighted by molar-refractivity contribution is 9.11. The molecule has 3 heteroatoms. The molecule has 0 aliphatic carbocycles. The molecular weight excluding hydrogens is 256 g/mol. The van der Waals surface area contributed by atoms with Crippen LogP contribution < -0.4 is 0 Å². The van der Waals surface area contributed by atoms with Crippen molar-refractivity contribution in [3.8, 4) is 0 Å². The summed E-state index contributed by atoms with van der Waals surface area (Å²) in [5, 5.41) is 0. The van der Waals surface area contributed by atoms with Crippen molar-refractivity contribution in [2.24, 2.45) is 0 Å². The van der Waals surface area contributed by atoms with E-state index in [-0.39, 0.29) is 6.10 Å². The lowest BCUT2D eigenvalue weighted by molar-refractivity contribution is 0.0619. The first-order chi connectivity index (χ1) is 7.40. The van der Waals surface area contributed by atoms with Gasteiger partial charge >= 0.3 is 0 Å². The third-order valence-corrected chi connectivity index (χ3v) is 2.82. The van der Waals surface area contributed by atoms with Gasteiger partial charge in [0.15, 0.2) is 0 Å². The second-order valence-electron chi connectivity index (χ2n) is 3.43. The summed E-state index contributed by atoms with van der Waals surface area (Å²) in [6.45, 7) is 1.39. The number of rotatable bonds is 3. The van der Waals surface area contributed by atoms with Gasteiger partial charge in [0, 0.05) is 11.4 Å². The van der Waals surface area contributed by atoms with Gasteiger partial charge < -0.3 is 9.47 Å². The molecule has 0 aromatic heterocycles. The summed E-state index contributed by atoms with van der Waals surface area (Å²) >= 11 is 3.28. The summed E-state index contributed by atoms with van der Waals surface area (Å²) in [5.41, 5.74) is 1.19. The minimum Gasteiger partial charge on any atom is -0.494 e. The lowest BCUT2D eigenvalue weighted by atomic mass is 10.2. The van der Waals surface area contributed by atoms with Gasteiger partial charge in [-0.25, -0.2) is 0 Å². The molecule has 1 saturated heterocycles. The molecule has 1 atom stereocenters. The molecule has 0 bridgehead atoms. The molecule has 15 heavy (non-hydrogen) atoms. The summed E-state index contributed by atoms with van der Waals surface area (Å²) in [4.78, 5) is 1.80. The molecule has 80 valence electrons. The number of hydrogen-bond acceptors (Lipinski definition) is 2. The smallest absolute Gasteiger partial charge is 0.132 e. The highest BCUT2D eigenvalue weighted by Crippen LogP contribution is 2.22. The van der Waals surface area contributed by atoms with Crippen molar-refractivity contribution in [3.05, 3.63) is 46.6 Å². The fourth-order valence-corrected chi connectivity index (χ4v) is 1.98. The van der Waals surface area contributed by atoms with E-state index in [9.17, 15) is 0 Å². The largest absolute Gasteiger partial charge is 0.494 e. The van der Waals surface area contributed by atoms with Gasteiger partial charge in [-0.05, 0) is 5.56 Å². The molecule has 1 aromatic carbocycles. The average Bonchev–Trinajstić information content (AvgIpc) is 2.75. The van der Waals surface area contributed by atoms with Gasteiger partial charge in [-0.15, -0.1) is 0 Å². The molecule has 1 aromatic rings. The summed E-state index contributed by atoms with van der Waals surface area (Å²) < 4.78 is 11.2. The molecule has 0 radical (unpaired) electrons. The fourth-order valence-electron chi connectivity index (χ4n) is 1.56. The predicted molar refractivity (Wildman–Crippen MR) is 62.6 cm³/mol. The number of benzene rings is 1. The molecule has 1 unspecified atom stereocenters. The van der Waals surface area contributed by atoms with Crippen LogP contribution in [0.4, 0.5) is 0 Å². The molecule has 0 amide bonds. The Morgan fingerprint density at radius 1 is 1.40 bits per heavy atom. The average molecular weight is 269 g/mol. The van der Waals surface area contributed by atoms with Crippen LogP contribution in [-0.2, 0) is 16.1 Å².